The van der Waals surface area contributed by atoms with Crippen LogP contribution in [0.2, 0.25) is 0 Å². The van der Waals surface area contributed by atoms with Gasteiger partial charge in [-0.05, 0) is 25.1 Å². The van der Waals surface area contributed by atoms with E-state index < -0.39 is 5.97 Å². The molecule has 0 unspecified atom stereocenters. The van der Waals surface area contributed by atoms with Crippen molar-refractivity contribution < 1.29 is 18.7 Å². The van der Waals surface area contributed by atoms with Gasteiger partial charge in [0.15, 0.2) is 0 Å². The molecule has 0 radical (unpaired) electrons. The Morgan fingerprint density at radius 1 is 1.09 bits per heavy atom. The number of hydrogen-bond acceptors (Lipinski definition) is 4. The molecule has 1 heterocycles. The van der Waals surface area contributed by atoms with Crippen LogP contribution in [0.1, 0.15) is 23.0 Å². The van der Waals surface area contributed by atoms with Crippen LogP contribution < -0.4 is 10.1 Å². The van der Waals surface area contributed by atoms with Crippen LogP contribution in [0.4, 0.5) is 5.69 Å². The van der Waals surface area contributed by atoms with Crippen molar-refractivity contribution in [3.8, 4) is 5.75 Å². The highest BCUT2D eigenvalue weighted by atomic mass is 16.5. The van der Waals surface area contributed by atoms with Crippen molar-refractivity contribution in [2.45, 2.75) is 13.8 Å². The second-order valence-electron chi connectivity index (χ2n) is 5.15. The minimum Gasteiger partial charge on any atom is -0.449 e. The van der Waals surface area contributed by atoms with Gasteiger partial charge >= 0.3 is 5.97 Å². The summed E-state index contributed by atoms with van der Waals surface area (Å²) in [5, 5.41) is 3.52. The first-order valence-corrected chi connectivity index (χ1v) is 7.12. The first-order chi connectivity index (χ1) is 11.0. The molecule has 2 aromatic carbocycles. The minimum atomic E-state index is -0.571. The fraction of sp³-hybridized carbons (Fsp3) is 0.111. The molecule has 1 aromatic heterocycles. The van der Waals surface area contributed by atoms with Gasteiger partial charge in [-0.3, -0.25) is 4.79 Å². The lowest BCUT2D eigenvalue weighted by molar-refractivity contribution is -0.114. The SMILES string of the molecule is CC(=O)Nc1cccc(OC(=O)c2oc3ccccc3c2C)c1. The summed E-state index contributed by atoms with van der Waals surface area (Å²) in [6.45, 7) is 3.23. The summed E-state index contributed by atoms with van der Waals surface area (Å²) in [7, 11) is 0. The Bertz CT molecular complexity index is 895. The molecule has 5 heteroatoms. The fourth-order valence-corrected chi connectivity index (χ4v) is 2.36. The Labute approximate surface area is 132 Å². The van der Waals surface area contributed by atoms with Crippen molar-refractivity contribution in [3.05, 3.63) is 59.9 Å². The number of para-hydroxylation sites is 1. The molecule has 0 spiro atoms. The van der Waals surface area contributed by atoms with Crippen LogP contribution in [0.5, 0.6) is 5.75 Å². The smallest absolute Gasteiger partial charge is 0.379 e. The van der Waals surface area contributed by atoms with Crippen molar-refractivity contribution in [1.82, 2.24) is 0 Å². The topological polar surface area (TPSA) is 68.5 Å². The van der Waals surface area contributed by atoms with E-state index in [4.69, 9.17) is 9.15 Å². The number of anilines is 1. The number of furan rings is 1. The van der Waals surface area contributed by atoms with E-state index in [0.29, 0.717) is 17.0 Å². The average molecular weight is 309 g/mol. The minimum absolute atomic E-state index is 0.177. The maximum atomic E-state index is 12.3. The van der Waals surface area contributed by atoms with E-state index in [9.17, 15) is 9.59 Å². The van der Waals surface area contributed by atoms with E-state index in [-0.39, 0.29) is 11.7 Å². The van der Waals surface area contributed by atoms with Gasteiger partial charge in [-0.2, -0.15) is 0 Å². The number of ether oxygens (including phenoxy) is 1. The molecule has 1 amide bonds. The Balaban J connectivity index is 1.86. The Hall–Kier alpha value is -3.08. The van der Waals surface area contributed by atoms with Gasteiger partial charge in [0.05, 0.1) is 0 Å². The highest BCUT2D eigenvalue weighted by molar-refractivity contribution is 5.97. The van der Waals surface area contributed by atoms with E-state index in [2.05, 4.69) is 5.32 Å². The number of benzene rings is 2. The molecule has 5 nitrogen and oxygen atoms in total. The van der Waals surface area contributed by atoms with E-state index >= 15 is 0 Å². The highest BCUT2D eigenvalue weighted by Crippen LogP contribution is 2.26. The molecular weight excluding hydrogens is 294 g/mol. The lowest BCUT2D eigenvalue weighted by atomic mass is 10.1. The van der Waals surface area contributed by atoms with Crippen LogP contribution >= 0.6 is 0 Å². The van der Waals surface area contributed by atoms with E-state index in [1.54, 1.807) is 30.3 Å². The van der Waals surface area contributed by atoms with Gasteiger partial charge in [0, 0.05) is 29.6 Å². The lowest BCUT2D eigenvalue weighted by Crippen LogP contribution is -2.10. The summed E-state index contributed by atoms with van der Waals surface area (Å²) in [5.41, 5.74) is 1.94. The van der Waals surface area contributed by atoms with Crippen molar-refractivity contribution in [3.63, 3.8) is 0 Å². The average Bonchev–Trinajstić information content (AvgIpc) is 2.85. The summed E-state index contributed by atoms with van der Waals surface area (Å²) in [5.74, 6) is -0.252. The third kappa shape index (κ3) is 3.08. The first kappa shape index (κ1) is 14.8. The van der Waals surface area contributed by atoms with Gasteiger partial charge in [-0.25, -0.2) is 4.79 Å². The molecule has 3 rings (SSSR count). The first-order valence-electron chi connectivity index (χ1n) is 7.12. The Morgan fingerprint density at radius 2 is 1.87 bits per heavy atom. The predicted molar refractivity (Wildman–Crippen MR) is 86.7 cm³/mol. The number of fused-ring (bicyclic) bond motifs is 1. The molecule has 116 valence electrons. The second-order valence-corrected chi connectivity index (χ2v) is 5.15. The molecule has 23 heavy (non-hydrogen) atoms. The van der Waals surface area contributed by atoms with Gasteiger partial charge in [-0.15, -0.1) is 0 Å². The van der Waals surface area contributed by atoms with Crippen molar-refractivity contribution in [2.75, 3.05) is 5.32 Å². The summed E-state index contributed by atoms with van der Waals surface area (Å²) < 4.78 is 10.9. The molecule has 0 saturated carbocycles. The molecule has 0 saturated heterocycles. The molecule has 0 fully saturated rings. The van der Waals surface area contributed by atoms with Crippen molar-refractivity contribution >= 4 is 28.5 Å². The third-order valence-corrected chi connectivity index (χ3v) is 3.39. The van der Waals surface area contributed by atoms with Crippen LogP contribution in [0.25, 0.3) is 11.0 Å². The quantitative estimate of drug-likeness (QED) is 0.588. The van der Waals surface area contributed by atoms with E-state index in [1.165, 1.54) is 6.92 Å². The van der Waals surface area contributed by atoms with Crippen molar-refractivity contribution in [1.29, 1.82) is 0 Å². The second kappa shape index (κ2) is 5.96. The summed E-state index contributed by atoms with van der Waals surface area (Å²) in [4.78, 5) is 23.4. The van der Waals surface area contributed by atoms with Crippen molar-refractivity contribution in [2.24, 2.45) is 0 Å². The normalized spacial score (nSPS) is 10.5. The zero-order valence-corrected chi connectivity index (χ0v) is 12.8. The maximum Gasteiger partial charge on any atom is 0.379 e. The highest BCUT2D eigenvalue weighted by Gasteiger charge is 2.19. The third-order valence-electron chi connectivity index (χ3n) is 3.39. The number of carbonyl (C=O) groups is 2. The number of rotatable bonds is 3. The van der Waals surface area contributed by atoms with Crippen LogP contribution in [-0.4, -0.2) is 11.9 Å². The molecule has 1 N–H and O–H groups in total. The molecule has 0 atom stereocenters. The summed E-state index contributed by atoms with van der Waals surface area (Å²) in [6.07, 6.45) is 0. The molecule has 0 aliphatic rings. The number of amides is 1. The maximum absolute atomic E-state index is 12.3. The molecule has 0 aliphatic carbocycles. The number of hydrogen-bond donors (Lipinski definition) is 1. The zero-order chi connectivity index (χ0) is 16.4. The fourth-order valence-electron chi connectivity index (χ4n) is 2.36. The largest absolute Gasteiger partial charge is 0.449 e. The van der Waals surface area contributed by atoms with Gasteiger partial charge in [-0.1, -0.05) is 24.3 Å². The molecule has 0 bridgehead atoms. The summed E-state index contributed by atoms with van der Waals surface area (Å²) in [6, 6.07) is 14.1. The Kier molecular flexibility index (Phi) is 3.85. The zero-order valence-electron chi connectivity index (χ0n) is 12.8. The summed E-state index contributed by atoms with van der Waals surface area (Å²) >= 11 is 0. The number of nitrogens with one attached hydrogen (secondary N) is 1. The van der Waals surface area contributed by atoms with Crippen LogP contribution in [0.15, 0.2) is 52.9 Å². The predicted octanol–water partition coefficient (Wildman–Crippen LogP) is 3.92. The van der Waals surface area contributed by atoms with Gasteiger partial charge in [0.2, 0.25) is 11.7 Å². The van der Waals surface area contributed by atoms with E-state index in [1.807, 2.05) is 25.1 Å². The lowest BCUT2D eigenvalue weighted by Gasteiger charge is -2.06. The van der Waals surface area contributed by atoms with Gasteiger partial charge in [0.25, 0.3) is 0 Å². The van der Waals surface area contributed by atoms with E-state index in [0.717, 1.165) is 10.9 Å². The van der Waals surface area contributed by atoms with Crippen LogP contribution in [-0.2, 0) is 4.79 Å². The van der Waals surface area contributed by atoms with Crippen LogP contribution in [0, 0.1) is 6.92 Å². The standard InChI is InChI=1S/C18H15NO4/c1-11-15-8-3-4-9-16(15)23-17(11)18(21)22-14-7-5-6-13(10-14)19-12(2)20/h3-10H,1-2H3,(H,19,20). The molecular formula is C18H15NO4. The van der Waals surface area contributed by atoms with Gasteiger partial charge in [0.1, 0.15) is 11.3 Å². The number of carbonyl (C=O) groups excluding carboxylic acids is 2. The van der Waals surface area contributed by atoms with Crippen LogP contribution in [0.3, 0.4) is 0 Å². The Morgan fingerprint density at radius 3 is 2.61 bits per heavy atom. The van der Waals surface area contributed by atoms with Gasteiger partial charge < -0.3 is 14.5 Å². The number of esters is 1. The monoisotopic (exact) mass is 309 g/mol. The molecule has 0 aliphatic heterocycles. The number of aryl methyl sites for hydroxylation is 1. The molecule has 3 aromatic rings.